The number of likely N-dealkylation sites (tertiary alicyclic amines) is 1. The predicted octanol–water partition coefficient (Wildman–Crippen LogP) is -0.802. The number of carbonyl (C=O) groups excluding carboxylic acids is 3. The lowest BCUT2D eigenvalue weighted by atomic mass is 9.88. The number of carbonyl (C=O) groups is 3. The van der Waals surface area contributed by atoms with Gasteiger partial charge in [-0.25, -0.2) is 0 Å². The molecule has 3 fully saturated rings. The lowest BCUT2D eigenvalue weighted by Crippen LogP contribution is -2.57. The van der Waals surface area contributed by atoms with E-state index in [4.69, 9.17) is 0 Å². The number of rotatable bonds is 2. The number of aliphatic hydroxyl groups is 1. The Morgan fingerprint density at radius 3 is 2.62 bits per heavy atom. The summed E-state index contributed by atoms with van der Waals surface area (Å²) in [5, 5.41) is 12.4. The van der Waals surface area contributed by atoms with E-state index < -0.39 is 11.8 Å². The molecule has 0 radical (unpaired) electrons. The molecule has 0 aromatic rings. The fourth-order valence-corrected chi connectivity index (χ4v) is 3.67. The first-order valence-corrected chi connectivity index (χ1v) is 7.57. The summed E-state index contributed by atoms with van der Waals surface area (Å²) < 4.78 is 0. The molecule has 1 aliphatic carbocycles. The Morgan fingerprint density at radius 1 is 1.29 bits per heavy atom. The summed E-state index contributed by atoms with van der Waals surface area (Å²) in [4.78, 5) is 39.0. The second-order valence-corrected chi connectivity index (χ2v) is 6.25. The van der Waals surface area contributed by atoms with Crippen molar-refractivity contribution in [3.05, 3.63) is 0 Å². The van der Waals surface area contributed by atoms with E-state index in [0.717, 1.165) is 32.1 Å². The second kappa shape index (κ2) is 5.29. The summed E-state index contributed by atoms with van der Waals surface area (Å²) in [6.07, 6.45) is 4.05. The van der Waals surface area contributed by atoms with E-state index in [1.165, 1.54) is 4.90 Å². The maximum absolute atomic E-state index is 12.5. The number of hydrogen-bond donors (Lipinski definition) is 2. The number of hydrogen-bond acceptors (Lipinski definition) is 4. The van der Waals surface area contributed by atoms with Crippen LogP contribution in [0.2, 0.25) is 0 Å². The maximum Gasteiger partial charge on any atom is 0.244 e. The van der Waals surface area contributed by atoms with Crippen molar-refractivity contribution in [2.75, 3.05) is 19.6 Å². The highest BCUT2D eigenvalue weighted by Crippen LogP contribution is 2.34. The average molecular weight is 295 g/mol. The maximum atomic E-state index is 12.5. The van der Waals surface area contributed by atoms with Gasteiger partial charge in [-0.15, -0.1) is 0 Å². The van der Waals surface area contributed by atoms with E-state index >= 15 is 0 Å². The molecule has 3 amide bonds. The van der Waals surface area contributed by atoms with Crippen molar-refractivity contribution < 1.29 is 19.5 Å². The van der Waals surface area contributed by atoms with Crippen LogP contribution in [-0.4, -0.2) is 64.0 Å². The molecule has 0 aromatic heterocycles. The molecule has 2 saturated heterocycles. The number of nitrogens with one attached hydrogen (secondary N) is 1. The third-order valence-electron chi connectivity index (χ3n) is 4.69. The van der Waals surface area contributed by atoms with Crippen molar-refractivity contribution in [3.8, 4) is 0 Å². The number of amides is 3. The van der Waals surface area contributed by atoms with Gasteiger partial charge in [0.25, 0.3) is 0 Å². The smallest absolute Gasteiger partial charge is 0.244 e. The molecule has 3 aliphatic rings. The van der Waals surface area contributed by atoms with Crippen molar-refractivity contribution in [1.82, 2.24) is 15.1 Å². The summed E-state index contributed by atoms with van der Waals surface area (Å²) in [5.41, 5.74) is -0.548. The zero-order valence-corrected chi connectivity index (χ0v) is 12.0. The number of β-amino-alcohol motifs (C(OH)–C–C–N with tert-alkyl or cyclic N) is 1. The number of nitrogens with zero attached hydrogens (tertiary/aromatic N) is 2. The van der Waals surface area contributed by atoms with Crippen LogP contribution in [0.4, 0.5) is 0 Å². The first kappa shape index (κ1) is 14.3. The van der Waals surface area contributed by atoms with Crippen LogP contribution < -0.4 is 5.32 Å². The van der Waals surface area contributed by atoms with Crippen LogP contribution in [0.15, 0.2) is 0 Å². The third-order valence-corrected chi connectivity index (χ3v) is 4.69. The summed E-state index contributed by atoms with van der Waals surface area (Å²) in [7, 11) is 0. The molecule has 0 bridgehead atoms. The van der Waals surface area contributed by atoms with Crippen LogP contribution in [0.25, 0.3) is 0 Å². The standard InChI is InChI=1S/C14H21N3O4/c18-10-6-12(20)16(7-10)9-13(21)17-8-11(19)15-14(17)4-2-1-3-5-14/h10,18H,1-9H2,(H,15,19). The minimum Gasteiger partial charge on any atom is -0.391 e. The van der Waals surface area contributed by atoms with Crippen molar-refractivity contribution in [2.24, 2.45) is 0 Å². The van der Waals surface area contributed by atoms with Crippen molar-refractivity contribution >= 4 is 17.7 Å². The fraction of sp³-hybridized carbons (Fsp3) is 0.786. The van der Waals surface area contributed by atoms with Crippen molar-refractivity contribution in [1.29, 1.82) is 0 Å². The summed E-state index contributed by atoms with van der Waals surface area (Å²) in [6.45, 7) is 0.225. The molecule has 7 nitrogen and oxygen atoms in total. The topological polar surface area (TPSA) is 90.0 Å². The van der Waals surface area contributed by atoms with Crippen LogP contribution in [-0.2, 0) is 14.4 Å². The van der Waals surface area contributed by atoms with Gasteiger partial charge in [-0.3, -0.25) is 14.4 Å². The zero-order valence-electron chi connectivity index (χ0n) is 12.0. The SMILES string of the molecule is O=C1CN(C(=O)CN2CC(O)CC2=O)C2(CCCCC2)N1. The Hall–Kier alpha value is -1.63. The molecule has 3 rings (SSSR count). The molecular weight excluding hydrogens is 274 g/mol. The van der Waals surface area contributed by atoms with Gasteiger partial charge in [-0.05, 0) is 25.7 Å². The highest BCUT2D eigenvalue weighted by atomic mass is 16.3. The van der Waals surface area contributed by atoms with Gasteiger partial charge in [-0.2, -0.15) is 0 Å². The summed E-state index contributed by atoms with van der Waals surface area (Å²) in [6, 6.07) is 0. The van der Waals surface area contributed by atoms with Crippen molar-refractivity contribution in [2.45, 2.75) is 50.3 Å². The minimum absolute atomic E-state index is 0.0490. The van der Waals surface area contributed by atoms with Gasteiger partial charge in [0.15, 0.2) is 0 Å². The predicted molar refractivity (Wildman–Crippen MR) is 72.9 cm³/mol. The van der Waals surface area contributed by atoms with E-state index in [9.17, 15) is 19.5 Å². The Balaban J connectivity index is 1.70. The molecular formula is C14H21N3O4. The first-order valence-electron chi connectivity index (χ1n) is 7.57. The highest BCUT2D eigenvalue weighted by molar-refractivity contribution is 5.92. The minimum atomic E-state index is -0.688. The molecule has 1 unspecified atom stereocenters. The molecule has 2 heterocycles. The van der Waals surface area contributed by atoms with Crippen LogP contribution >= 0.6 is 0 Å². The van der Waals surface area contributed by atoms with Gasteiger partial charge < -0.3 is 20.2 Å². The molecule has 2 aliphatic heterocycles. The molecule has 21 heavy (non-hydrogen) atoms. The van der Waals surface area contributed by atoms with E-state index in [1.54, 1.807) is 4.90 Å². The molecule has 2 N–H and O–H groups in total. The van der Waals surface area contributed by atoms with Crippen LogP contribution in [0.5, 0.6) is 0 Å². The molecule has 7 heteroatoms. The van der Waals surface area contributed by atoms with Crippen LogP contribution in [0, 0.1) is 0 Å². The monoisotopic (exact) mass is 295 g/mol. The van der Waals surface area contributed by atoms with E-state index in [-0.39, 0.29) is 43.8 Å². The van der Waals surface area contributed by atoms with E-state index in [1.807, 2.05) is 0 Å². The normalized spacial score (nSPS) is 28.3. The summed E-state index contributed by atoms with van der Waals surface area (Å²) >= 11 is 0. The second-order valence-electron chi connectivity index (χ2n) is 6.25. The van der Waals surface area contributed by atoms with Gasteiger partial charge in [-0.1, -0.05) is 6.42 Å². The zero-order chi connectivity index (χ0) is 15.0. The number of aliphatic hydroxyl groups excluding tert-OH is 1. The average Bonchev–Trinajstić information content (AvgIpc) is 2.91. The van der Waals surface area contributed by atoms with Crippen molar-refractivity contribution in [3.63, 3.8) is 0 Å². The lowest BCUT2D eigenvalue weighted by Gasteiger charge is -2.41. The summed E-state index contributed by atoms with van der Waals surface area (Å²) in [5.74, 6) is -0.539. The quantitative estimate of drug-likeness (QED) is 0.698. The first-order chi connectivity index (χ1) is 10.00. The molecule has 1 spiro atoms. The Kier molecular flexibility index (Phi) is 3.61. The highest BCUT2D eigenvalue weighted by Gasteiger charge is 2.48. The lowest BCUT2D eigenvalue weighted by molar-refractivity contribution is -0.142. The molecule has 116 valence electrons. The van der Waals surface area contributed by atoms with Gasteiger partial charge in [0, 0.05) is 6.54 Å². The Labute approximate surface area is 123 Å². The van der Waals surface area contributed by atoms with E-state index in [2.05, 4.69) is 5.32 Å². The largest absolute Gasteiger partial charge is 0.391 e. The Bertz CT molecular complexity index is 473. The van der Waals surface area contributed by atoms with Gasteiger partial charge in [0.2, 0.25) is 17.7 Å². The van der Waals surface area contributed by atoms with Gasteiger partial charge >= 0.3 is 0 Å². The molecule has 1 saturated carbocycles. The van der Waals surface area contributed by atoms with E-state index in [0.29, 0.717) is 0 Å². The van der Waals surface area contributed by atoms with Crippen LogP contribution in [0.3, 0.4) is 0 Å². The molecule has 1 atom stereocenters. The third kappa shape index (κ3) is 2.62. The fourth-order valence-electron chi connectivity index (χ4n) is 3.67. The molecule has 0 aromatic carbocycles. The van der Waals surface area contributed by atoms with Gasteiger partial charge in [0.05, 0.1) is 19.1 Å². The Morgan fingerprint density at radius 2 is 2.00 bits per heavy atom. The van der Waals surface area contributed by atoms with Crippen LogP contribution in [0.1, 0.15) is 38.5 Å². The van der Waals surface area contributed by atoms with Gasteiger partial charge in [0.1, 0.15) is 12.2 Å².